The molecular formula is C36H31N3O5S3. The van der Waals surface area contributed by atoms with E-state index in [9.17, 15) is 19.2 Å². The van der Waals surface area contributed by atoms with Crippen molar-refractivity contribution in [2.75, 3.05) is 17.2 Å². The molecule has 5 rings (SSSR count). The van der Waals surface area contributed by atoms with Gasteiger partial charge >= 0.3 is 5.97 Å². The standard InChI is InChI=1S/C36H31N3O5S3/c1-3-44-36(43)31-29(25-11-6-4-7-12-25)22-46-35(31)39-32(40)23(2)47-28-16-10-15-27(20-28)37-34(42)30(19-24-17-18-45-21-24)38-33(41)26-13-8-5-9-14-26/h4-23H,3H2,1-2H3,(H,37,42)(H,38,41)(H,39,40)/b30-19-. The van der Waals surface area contributed by atoms with Crippen LogP contribution >= 0.6 is 34.4 Å². The van der Waals surface area contributed by atoms with Crippen LogP contribution in [0.3, 0.4) is 0 Å². The topological polar surface area (TPSA) is 114 Å². The number of nitrogens with one attached hydrogen (secondary N) is 3. The van der Waals surface area contributed by atoms with Crippen molar-refractivity contribution in [1.29, 1.82) is 0 Å². The lowest BCUT2D eigenvalue weighted by atomic mass is 10.0. The molecule has 8 nitrogen and oxygen atoms in total. The highest BCUT2D eigenvalue weighted by atomic mass is 32.2. The molecule has 238 valence electrons. The van der Waals surface area contributed by atoms with Gasteiger partial charge in [-0.1, -0.05) is 54.6 Å². The van der Waals surface area contributed by atoms with E-state index in [1.807, 2.05) is 64.7 Å². The number of rotatable bonds is 12. The minimum absolute atomic E-state index is 0.0891. The van der Waals surface area contributed by atoms with Crippen LogP contribution in [-0.4, -0.2) is 35.5 Å². The van der Waals surface area contributed by atoms with Gasteiger partial charge in [0.2, 0.25) is 5.91 Å². The number of amides is 3. The number of carbonyl (C=O) groups excluding carboxylic acids is 4. The van der Waals surface area contributed by atoms with Crippen LogP contribution in [0.1, 0.15) is 40.1 Å². The fourth-order valence-corrected chi connectivity index (χ4v) is 6.97. The van der Waals surface area contributed by atoms with Crippen LogP contribution in [0.15, 0.2) is 118 Å². The molecule has 0 radical (unpaired) electrons. The van der Waals surface area contributed by atoms with Gasteiger partial charge in [-0.15, -0.1) is 23.1 Å². The lowest BCUT2D eigenvalue weighted by Gasteiger charge is -2.14. The highest BCUT2D eigenvalue weighted by Crippen LogP contribution is 2.37. The van der Waals surface area contributed by atoms with Crippen LogP contribution in [0.4, 0.5) is 10.7 Å². The van der Waals surface area contributed by atoms with Crippen molar-refractivity contribution in [1.82, 2.24) is 5.32 Å². The van der Waals surface area contributed by atoms with E-state index in [1.165, 1.54) is 34.4 Å². The predicted molar refractivity (Wildman–Crippen MR) is 191 cm³/mol. The second-order valence-electron chi connectivity index (χ2n) is 10.1. The molecule has 0 aliphatic carbocycles. The van der Waals surface area contributed by atoms with Crippen molar-refractivity contribution in [3.63, 3.8) is 0 Å². The summed E-state index contributed by atoms with van der Waals surface area (Å²) in [5.74, 6) is -1.69. The van der Waals surface area contributed by atoms with Gasteiger partial charge in [-0.05, 0) is 78.2 Å². The summed E-state index contributed by atoms with van der Waals surface area (Å²) in [5, 5.41) is 14.0. The predicted octanol–water partition coefficient (Wildman–Crippen LogP) is 8.18. The Balaban J connectivity index is 1.28. The Bertz CT molecular complexity index is 1890. The maximum Gasteiger partial charge on any atom is 0.341 e. The summed E-state index contributed by atoms with van der Waals surface area (Å²) in [6.45, 7) is 3.71. The Labute approximate surface area is 284 Å². The summed E-state index contributed by atoms with van der Waals surface area (Å²) in [6.07, 6.45) is 1.62. The van der Waals surface area contributed by atoms with Gasteiger partial charge in [0.05, 0.1) is 11.9 Å². The summed E-state index contributed by atoms with van der Waals surface area (Å²) in [7, 11) is 0. The van der Waals surface area contributed by atoms with Crippen LogP contribution in [0.5, 0.6) is 0 Å². The number of hydrogen-bond acceptors (Lipinski definition) is 8. The largest absolute Gasteiger partial charge is 0.462 e. The molecule has 1 unspecified atom stereocenters. The Morgan fingerprint density at radius 1 is 0.894 bits per heavy atom. The van der Waals surface area contributed by atoms with Gasteiger partial charge in [-0.25, -0.2) is 4.79 Å². The first-order valence-electron chi connectivity index (χ1n) is 14.7. The van der Waals surface area contributed by atoms with E-state index in [1.54, 1.807) is 62.4 Å². The number of anilines is 2. The van der Waals surface area contributed by atoms with E-state index in [-0.39, 0.29) is 18.2 Å². The zero-order chi connectivity index (χ0) is 33.2. The third kappa shape index (κ3) is 8.85. The Morgan fingerprint density at radius 3 is 2.34 bits per heavy atom. The molecule has 47 heavy (non-hydrogen) atoms. The molecule has 0 saturated carbocycles. The van der Waals surface area contributed by atoms with E-state index in [4.69, 9.17) is 4.74 Å². The minimum Gasteiger partial charge on any atom is -0.462 e. The molecular weight excluding hydrogens is 651 g/mol. The highest BCUT2D eigenvalue weighted by molar-refractivity contribution is 8.00. The maximum atomic E-state index is 13.4. The normalized spacial score (nSPS) is 11.7. The van der Waals surface area contributed by atoms with Crippen molar-refractivity contribution in [3.8, 4) is 11.1 Å². The summed E-state index contributed by atoms with van der Waals surface area (Å²) < 4.78 is 5.31. The molecule has 0 saturated heterocycles. The molecule has 0 aliphatic rings. The number of carbonyl (C=O) groups is 4. The quantitative estimate of drug-likeness (QED) is 0.0696. The lowest BCUT2D eigenvalue weighted by Crippen LogP contribution is -2.30. The van der Waals surface area contributed by atoms with Crippen LogP contribution in [-0.2, 0) is 14.3 Å². The van der Waals surface area contributed by atoms with Crippen molar-refractivity contribution < 1.29 is 23.9 Å². The number of thioether (sulfide) groups is 1. The third-order valence-electron chi connectivity index (χ3n) is 6.75. The van der Waals surface area contributed by atoms with Crippen molar-refractivity contribution >= 4 is 74.9 Å². The average molecular weight is 682 g/mol. The molecule has 3 aromatic carbocycles. The smallest absolute Gasteiger partial charge is 0.341 e. The van der Waals surface area contributed by atoms with Gasteiger partial charge in [0, 0.05) is 27.1 Å². The molecule has 3 amide bonds. The minimum atomic E-state index is -0.544. The van der Waals surface area contributed by atoms with Gasteiger partial charge in [0.25, 0.3) is 11.8 Å². The number of ether oxygens (including phenoxy) is 1. The first kappa shape index (κ1) is 33.4. The number of benzene rings is 3. The molecule has 0 spiro atoms. The SMILES string of the molecule is CCOC(=O)c1c(-c2ccccc2)csc1NC(=O)C(C)Sc1cccc(NC(=O)/C(=C/c2ccsc2)NC(=O)c2ccccc2)c1. The molecule has 0 aliphatic heterocycles. The van der Waals surface area contributed by atoms with Crippen molar-refractivity contribution in [2.45, 2.75) is 24.0 Å². The zero-order valence-electron chi connectivity index (χ0n) is 25.5. The third-order valence-corrected chi connectivity index (χ3v) is 9.44. The number of hydrogen-bond donors (Lipinski definition) is 3. The molecule has 0 fully saturated rings. The molecule has 1 atom stereocenters. The van der Waals surface area contributed by atoms with E-state index in [0.717, 1.165) is 16.0 Å². The van der Waals surface area contributed by atoms with Gasteiger partial charge < -0.3 is 20.7 Å². The molecule has 0 bridgehead atoms. The van der Waals surface area contributed by atoms with Gasteiger partial charge in [-0.3, -0.25) is 14.4 Å². The molecule has 2 heterocycles. The van der Waals surface area contributed by atoms with E-state index < -0.39 is 23.0 Å². The Hall–Kier alpha value is -4.97. The van der Waals surface area contributed by atoms with E-state index in [0.29, 0.717) is 27.4 Å². The van der Waals surface area contributed by atoms with Crippen LogP contribution < -0.4 is 16.0 Å². The van der Waals surface area contributed by atoms with Crippen LogP contribution in [0.2, 0.25) is 0 Å². The fourth-order valence-electron chi connectivity index (χ4n) is 4.47. The van der Waals surface area contributed by atoms with Gasteiger partial charge in [-0.2, -0.15) is 11.3 Å². The molecule has 3 N–H and O–H groups in total. The second kappa shape index (κ2) is 16.0. The zero-order valence-corrected chi connectivity index (χ0v) is 28.0. The van der Waals surface area contributed by atoms with Crippen LogP contribution in [0.25, 0.3) is 17.2 Å². The van der Waals surface area contributed by atoms with Gasteiger partial charge in [0.1, 0.15) is 16.3 Å². The van der Waals surface area contributed by atoms with Crippen molar-refractivity contribution in [3.05, 3.63) is 130 Å². The van der Waals surface area contributed by atoms with E-state index >= 15 is 0 Å². The average Bonchev–Trinajstić information content (AvgIpc) is 3.76. The summed E-state index contributed by atoms with van der Waals surface area (Å²) in [5.41, 5.74) is 3.66. The summed E-state index contributed by atoms with van der Waals surface area (Å²) >= 11 is 4.05. The Kier molecular flexibility index (Phi) is 11.4. The summed E-state index contributed by atoms with van der Waals surface area (Å²) in [6, 6.07) is 27.1. The summed E-state index contributed by atoms with van der Waals surface area (Å²) in [4.78, 5) is 53.3. The monoisotopic (exact) mass is 681 g/mol. The molecule has 11 heteroatoms. The molecule has 2 aromatic heterocycles. The fraction of sp³-hybridized carbons (Fsp3) is 0.111. The Morgan fingerprint density at radius 2 is 1.64 bits per heavy atom. The highest BCUT2D eigenvalue weighted by Gasteiger charge is 2.25. The molecule has 5 aromatic rings. The van der Waals surface area contributed by atoms with Crippen LogP contribution in [0, 0.1) is 0 Å². The van der Waals surface area contributed by atoms with Crippen molar-refractivity contribution in [2.24, 2.45) is 0 Å². The van der Waals surface area contributed by atoms with Gasteiger partial charge in [0.15, 0.2) is 0 Å². The first-order valence-corrected chi connectivity index (χ1v) is 17.4. The first-order chi connectivity index (χ1) is 22.8. The second-order valence-corrected chi connectivity index (χ2v) is 13.2. The van der Waals surface area contributed by atoms with E-state index in [2.05, 4.69) is 16.0 Å². The lowest BCUT2D eigenvalue weighted by molar-refractivity contribution is -0.115. The number of thiophene rings is 2. The maximum absolute atomic E-state index is 13.4. The number of esters is 1.